The number of aromatic nitrogens is 5. The first-order valence-electron chi connectivity index (χ1n) is 9.08. The molecule has 0 aliphatic carbocycles. The van der Waals surface area contributed by atoms with Gasteiger partial charge in [0.1, 0.15) is 5.15 Å². The molecule has 1 aromatic carbocycles. The Morgan fingerprint density at radius 1 is 1.16 bits per heavy atom. The molecule has 0 fully saturated rings. The summed E-state index contributed by atoms with van der Waals surface area (Å²) >= 11 is 7.23. The lowest BCUT2D eigenvalue weighted by Crippen LogP contribution is -2.22. The lowest BCUT2D eigenvalue weighted by Gasteiger charge is -2.12. The van der Waals surface area contributed by atoms with Gasteiger partial charge < -0.3 is 4.57 Å². The summed E-state index contributed by atoms with van der Waals surface area (Å²) in [5, 5.41) is 5.37. The van der Waals surface area contributed by atoms with Gasteiger partial charge in [-0.3, -0.25) is 0 Å². The quantitative estimate of drug-likeness (QED) is 0.318. The van der Waals surface area contributed by atoms with Crippen molar-refractivity contribution in [3.8, 4) is 0 Å². The minimum Gasteiger partial charge on any atom is -0.310 e. The van der Waals surface area contributed by atoms with Crippen LogP contribution in [0.4, 0.5) is 18.9 Å². The molecule has 4 aromatic rings. The van der Waals surface area contributed by atoms with Gasteiger partial charge in [0.05, 0.1) is 17.8 Å². The molecule has 0 saturated heterocycles. The molecule has 0 aliphatic rings. The number of fused-ring (bicyclic) bond motifs is 1. The Hall–Kier alpha value is -2.85. The molecule has 0 saturated carbocycles. The summed E-state index contributed by atoms with van der Waals surface area (Å²) in [5.41, 5.74) is 1.52. The van der Waals surface area contributed by atoms with Crippen LogP contribution in [0.15, 0.2) is 58.8 Å². The maximum atomic E-state index is 13.1. The van der Waals surface area contributed by atoms with Gasteiger partial charge in [-0.2, -0.15) is 22.7 Å². The fourth-order valence-electron chi connectivity index (χ4n) is 3.03. The zero-order valence-corrected chi connectivity index (χ0v) is 18.0. The molecule has 160 valence electrons. The molecule has 3 aromatic heterocycles. The molecule has 0 radical (unpaired) electrons. The van der Waals surface area contributed by atoms with Crippen LogP contribution in [-0.2, 0) is 12.7 Å². The molecular weight excluding hydrogens is 449 g/mol. The van der Waals surface area contributed by atoms with E-state index in [1.807, 2.05) is 23.8 Å². The van der Waals surface area contributed by atoms with E-state index < -0.39 is 11.7 Å². The second-order valence-corrected chi connectivity index (χ2v) is 7.85. The Balaban J connectivity index is 1.87. The van der Waals surface area contributed by atoms with E-state index in [-0.39, 0.29) is 5.69 Å². The van der Waals surface area contributed by atoms with Crippen LogP contribution in [0, 0.1) is 6.92 Å². The first-order chi connectivity index (χ1) is 14.7. The number of rotatable bonds is 4. The predicted molar refractivity (Wildman–Crippen MR) is 113 cm³/mol. The van der Waals surface area contributed by atoms with Crippen LogP contribution in [0.25, 0.3) is 5.78 Å². The highest BCUT2D eigenvalue weighted by atomic mass is 35.5. The molecule has 31 heavy (non-hydrogen) atoms. The smallest absolute Gasteiger partial charge is 0.310 e. The molecular formula is C20H16ClF3N6S. The van der Waals surface area contributed by atoms with Gasteiger partial charge in [-0.1, -0.05) is 35.5 Å². The summed E-state index contributed by atoms with van der Waals surface area (Å²) in [4.78, 5) is 13.1. The van der Waals surface area contributed by atoms with Crippen LogP contribution >= 0.6 is 23.4 Å². The molecule has 0 spiro atoms. The van der Waals surface area contributed by atoms with E-state index in [4.69, 9.17) is 11.6 Å². The maximum absolute atomic E-state index is 13.1. The molecule has 0 N–H and O–H groups in total. The van der Waals surface area contributed by atoms with Crippen molar-refractivity contribution in [2.24, 2.45) is 4.99 Å². The Morgan fingerprint density at radius 3 is 2.65 bits per heavy atom. The second-order valence-electron chi connectivity index (χ2n) is 6.69. The van der Waals surface area contributed by atoms with Gasteiger partial charge in [-0.15, -0.1) is 5.10 Å². The van der Waals surface area contributed by atoms with Crippen LogP contribution < -0.4 is 5.49 Å². The lowest BCUT2D eigenvalue weighted by molar-refractivity contribution is -0.137. The van der Waals surface area contributed by atoms with Crippen molar-refractivity contribution in [2.75, 3.05) is 6.26 Å². The van der Waals surface area contributed by atoms with Crippen molar-refractivity contribution in [1.29, 1.82) is 0 Å². The second kappa shape index (κ2) is 8.35. The van der Waals surface area contributed by atoms with Crippen molar-refractivity contribution >= 4 is 34.8 Å². The fourth-order valence-corrected chi connectivity index (χ4v) is 3.47. The predicted octanol–water partition coefficient (Wildman–Crippen LogP) is 4.91. The lowest BCUT2D eigenvalue weighted by atomic mass is 10.2. The summed E-state index contributed by atoms with van der Waals surface area (Å²) in [7, 11) is 0. The van der Waals surface area contributed by atoms with E-state index >= 15 is 0 Å². The Kier molecular flexibility index (Phi) is 5.76. The molecule has 6 nitrogen and oxygen atoms in total. The zero-order chi connectivity index (χ0) is 22.2. The van der Waals surface area contributed by atoms with Crippen LogP contribution in [0.2, 0.25) is 5.15 Å². The average molecular weight is 465 g/mol. The highest BCUT2D eigenvalue weighted by Crippen LogP contribution is 2.31. The standard InChI is InChI=1S/C20H16ClF3N6S/c1-12-8-17(26-15-5-3-4-14(9-15)20(22,23)24)30-19(27-18(28-30)31-2)29(12)11-13-6-7-16(21)25-10-13/h3-10H,11H2,1-2H3/b26-17+. The summed E-state index contributed by atoms with van der Waals surface area (Å²) in [5.74, 6) is 0.519. The van der Waals surface area contributed by atoms with Crippen LogP contribution in [0.5, 0.6) is 0 Å². The zero-order valence-electron chi connectivity index (χ0n) is 16.4. The number of hydrogen-bond donors (Lipinski definition) is 0. The summed E-state index contributed by atoms with van der Waals surface area (Å²) in [6.45, 7) is 2.35. The number of alkyl halides is 3. The normalized spacial score (nSPS) is 12.6. The number of pyridine rings is 1. The number of thioether (sulfide) groups is 1. The number of aryl methyl sites for hydroxylation is 1. The first-order valence-corrected chi connectivity index (χ1v) is 10.7. The molecule has 4 rings (SSSR count). The summed E-state index contributed by atoms with van der Waals surface area (Å²) in [6.07, 6.45) is -0.918. The number of hydrogen-bond acceptors (Lipinski definition) is 5. The molecule has 0 amide bonds. The van der Waals surface area contributed by atoms with Gasteiger partial charge in [0.15, 0.2) is 5.49 Å². The van der Waals surface area contributed by atoms with Crippen LogP contribution in [-0.4, -0.2) is 30.4 Å². The van der Waals surface area contributed by atoms with E-state index in [1.165, 1.54) is 28.4 Å². The largest absolute Gasteiger partial charge is 0.416 e. The van der Waals surface area contributed by atoms with Crippen LogP contribution in [0.3, 0.4) is 0 Å². The molecule has 0 bridgehead atoms. The highest BCUT2D eigenvalue weighted by molar-refractivity contribution is 7.98. The third-order valence-corrected chi connectivity index (χ3v) is 5.28. The Bertz CT molecular complexity index is 1310. The van der Waals surface area contributed by atoms with Crippen molar-refractivity contribution < 1.29 is 13.2 Å². The Morgan fingerprint density at radius 2 is 1.97 bits per heavy atom. The van der Waals surface area contributed by atoms with Gasteiger partial charge >= 0.3 is 6.18 Å². The number of nitrogens with zero attached hydrogens (tertiary/aromatic N) is 6. The molecule has 0 atom stereocenters. The van der Waals surface area contributed by atoms with Crippen molar-refractivity contribution in [3.63, 3.8) is 0 Å². The SMILES string of the molecule is CSc1nc2n(Cc3ccc(Cl)nc3)c(C)c/c(=N\c3cccc(C(F)(F)F)c3)n2n1. The maximum Gasteiger partial charge on any atom is 0.416 e. The molecule has 0 aliphatic heterocycles. The summed E-state index contributed by atoms with van der Waals surface area (Å²) < 4.78 is 42.7. The number of benzene rings is 1. The topological polar surface area (TPSA) is 60.4 Å². The minimum atomic E-state index is -4.44. The first kappa shape index (κ1) is 21.4. The average Bonchev–Trinajstić information content (AvgIpc) is 3.17. The monoisotopic (exact) mass is 464 g/mol. The van der Waals surface area contributed by atoms with Crippen molar-refractivity contribution in [2.45, 2.75) is 24.8 Å². The van der Waals surface area contributed by atoms with E-state index in [0.717, 1.165) is 23.4 Å². The Labute approximate surface area is 184 Å². The third-order valence-electron chi connectivity index (χ3n) is 4.52. The minimum absolute atomic E-state index is 0.177. The van der Waals surface area contributed by atoms with Gasteiger partial charge in [-0.25, -0.2) is 9.98 Å². The van der Waals surface area contributed by atoms with Crippen LogP contribution in [0.1, 0.15) is 16.8 Å². The van der Waals surface area contributed by atoms with Gasteiger partial charge in [-0.05, 0) is 43.0 Å². The highest BCUT2D eigenvalue weighted by Gasteiger charge is 2.30. The van der Waals surface area contributed by atoms with Gasteiger partial charge in [0.2, 0.25) is 10.9 Å². The molecule has 11 heteroatoms. The van der Waals surface area contributed by atoms with Gasteiger partial charge in [0, 0.05) is 18.0 Å². The van der Waals surface area contributed by atoms with Crippen molar-refractivity contribution in [3.05, 3.63) is 76.1 Å². The molecule has 3 heterocycles. The van der Waals surface area contributed by atoms with E-state index in [0.29, 0.717) is 28.1 Å². The fraction of sp³-hybridized carbons (Fsp3) is 0.200. The van der Waals surface area contributed by atoms with Gasteiger partial charge in [0.25, 0.3) is 0 Å². The summed E-state index contributed by atoms with van der Waals surface area (Å²) in [6, 6.07) is 10.2. The van der Waals surface area contributed by atoms with E-state index in [2.05, 4.69) is 20.1 Å². The molecule has 0 unspecified atom stereocenters. The third kappa shape index (κ3) is 4.59. The van der Waals surface area contributed by atoms with E-state index in [9.17, 15) is 13.2 Å². The number of halogens is 4. The van der Waals surface area contributed by atoms with E-state index in [1.54, 1.807) is 18.3 Å². The van der Waals surface area contributed by atoms with Crippen molar-refractivity contribution in [1.82, 2.24) is 24.1 Å².